The molecule has 3 N–H and O–H groups in total. The zero-order valence-corrected chi connectivity index (χ0v) is 10.6. The number of rotatable bonds is 8. The Hall–Kier alpha value is -1.59. The molecule has 1 aromatic carbocycles. The molecule has 0 radical (unpaired) electrons. The van der Waals surface area contributed by atoms with Crippen LogP contribution in [0.3, 0.4) is 0 Å². The molecule has 0 unspecified atom stereocenters. The molecule has 100 valence electrons. The Bertz CT molecular complexity index is 369. The lowest BCUT2D eigenvalue weighted by Crippen LogP contribution is -2.26. The summed E-state index contributed by atoms with van der Waals surface area (Å²) in [4.78, 5) is 11.9. The number of aliphatic hydroxyl groups is 1. The van der Waals surface area contributed by atoms with E-state index in [1.807, 2.05) is 18.2 Å². The predicted octanol–water partition coefficient (Wildman–Crippen LogP) is 0.857. The molecule has 18 heavy (non-hydrogen) atoms. The van der Waals surface area contributed by atoms with Gasteiger partial charge in [-0.3, -0.25) is 4.79 Å². The Morgan fingerprint density at radius 3 is 2.83 bits per heavy atom. The molecule has 1 amide bonds. The summed E-state index contributed by atoms with van der Waals surface area (Å²) in [5.41, 5.74) is 1.45. The molecule has 0 bridgehead atoms. The van der Waals surface area contributed by atoms with E-state index in [1.165, 1.54) is 0 Å². The van der Waals surface area contributed by atoms with Gasteiger partial charge >= 0.3 is 0 Å². The fourth-order valence-electron chi connectivity index (χ4n) is 1.54. The summed E-state index contributed by atoms with van der Waals surface area (Å²) in [5, 5.41) is 14.3. The van der Waals surface area contributed by atoms with Gasteiger partial charge in [-0.15, -0.1) is 0 Å². The summed E-state index contributed by atoms with van der Waals surface area (Å²) >= 11 is 0. The summed E-state index contributed by atoms with van der Waals surface area (Å²) < 4.78 is 5.10. The van der Waals surface area contributed by atoms with Crippen molar-refractivity contribution in [2.75, 3.05) is 38.7 Å². The van der Waals surface area contributed by atoms with Crippen molar-refractivity contribution in [3.8, 4) is 0 Å². The van der Waals surface area contributed by atoms with Gasteiger partial charge in [-0.25, -0.2) is 0 Å². The maximum atomic E-state index is 11.9. The molecular weight excluding hydrogens is 232 g/mol. The van der Waals surface area contributed by atoms with Gasteiger partial charge < -0.3 is 20.5 Å². The topological polar surface area (TPSA) is 70.6 Å². The zero-order chi connectivity index (χ0) is 13.2. The number of hydrogen-bond donors (Lipinski definition) is 3. The highest BCUT2D eigenvalue weighted by atomic mass is 16.5. The Labute approximate surface area is 107 Å². The van der Waals surface area contributed by atoms with Crippen molar-refractivity contribution in [2.45, 2.75) is 6.42 Å². The number of carbonyl (C=O) groups excluding carboxylic acids is 1. The van der Waals surface area contributed by atoms with Gasteiger partial charge in [-0.2, -0.15) is 0 Å². The molecule has 0 saturated carbocycles. The average Bonchev–Trinajstić information content (AvgIpc) is 2.42. The standard InChI is InChI=1S/C13H20N2O3/c1-14-12-6-3-2-5-11(12)13(17)15-7-4-9-18-10-8-16/h2-3,5-6,14,16H,4,7-10H2,1H3,(H,15,17). The minimum atomic E-state index is -0.0953. The summed E-state index contributed by atoms with van der Waals surface area (Å²) in [5.74, 6) is -0.0953. The van der Waals surface area contributed by atoms with E-state index in [2.05, 4.69) is 10.6 Å². The van der Waals surface area contributed by atoms with E-state index in [1.54, 1.807) is 13.1 Å². The Balaban J connectivity index is 2.32. The van der Waals surface area contributed by atoms with Crippen LogP contribution in [0.25, 0.3) is 0 Å². The number of anilines is 1. The lowest BCUT2D eigenvalue weighted by Gasteiger charge is -2.09. The van der Waals surface area contributed by atoms with Crippen LogP contribution in [0.5, 0.6) is 0 Å². The molecule has 0 fully saturated rings. The molecule has 1 rings (SSSR count). The van der Waals surface area contributed by atoms with Crippen LogP contribution in [0.1, 0.15) is 16.8 Å². The third-order valence-corrected chi connectivity index (χ3v) is 2.43. The van der Waals surface area contributed by atoms with Crippen LogP contribution in [0, 0.1) is 0 Å². The van der Waals surface area contributed by atoms with Crippen molar-refractivity contribution in [1.29, 1.82) is 0 Å². The normalized spacial score (nSPS) is 10.1. The highest BCUT2D eigenvalue weighted by Crippen LogP contribution is 2.13. The molecule has 0 aliphatic carbocycles. The predicted molar refractivity (Wildman–Crippen MR) is 70.8 cm³/mol. The summed E-state index contributed by atoms with van der Waals surface area (Å²) in [7, 11) is 1.79. The SMILES string of the molecule is CNc1ccccc1C(=O)NCCCOCCO. The van der Waals surface area contributed by atoms with E-state index in [4.69, 9.17) is 9.84 Å². The molecular formula is C13H20N2O3. The molecule has 5 heteroatoms. The smallest absolute Gasteiger partial charge is 0.253 e. The molecule has 0 saturated heterocycles. The van der Waals surface area contributed by atoms with Crippen molar-refractivity contribution in [1.82, 2.24) is 5.32 Å². The van der Waals surface area contributed by atoms with Gasteiger partial charge in [0.2, 0.25) is 0 Å². The van der Waals surface area contributed by atoms with Gasteiger partial charge in [-0.1, -0.05) is 12.1 Å². The minimum Gasteiger partial charge on any atom is -0.394 e. The van der Waals surface area contributed by atoms with Gasteiger partial charge in [-0.05, 0) is 18.6 Å². The van der Waals surface area contributed by atoms with E-state index in [0.29, 0.717) is 25.3 Å². The lowest BCUT2D eigenvalue weighted by atomic mass is 10.1. The molecule has 0 spiro atoms. The number of amides is 1. The van der Waals surface area contributed by atoms with Crippen LogP contribution in [0.4, 0.5) is 5.69 Å². The highest BCUT2D eigenvalue weighted by molar-refractivity contribution is 5.99. The largest absolute Gasteiger partial charge is 0.394 e. The monoisotopic (exact) mass is 252 g/mol. The van der Waals surface area contributed by atoms with Crippen LogP contribution in [0.15, 0.2) is 24.3 Å². The number of carbonyl (C=O) groups is 1. The number of nitrogens with one attached hydrogen (secondary N) is 2. The summed E-state index contributed by atoms with van der Waals surface area (Å²) in [6, 6.07) is 7.36. The third-order valence-electron chi connectivity index (χ3n) is 2.43. The fraction of sp³-hybridized carbons (Fsp3) is 0.462. The molecule has 0 atom stereocenters. The second-order valence-corrected chi connectivity index (χ2v) is 3.74. The van der Waals surface area contributed by atoms with Crippen LogP contribution < -0.4 is 10.6 Å². The maximum absolute atomic E-state index is 11.9. The second-order valence-electron chi connectivity index (χ2n) is 3.74. The van der Waals surface area contributed by atoms with Gasteiger partial charge in [0, 0.05) is 25.9 Å². The highest BCUT2D eigenvalue weighted by Gasteiger charge is 2.08. The number of hydrogen-bond acceptors (Lipinski definition) is 4. The molecule has 0 aliphatic rings. The van der Waals surface area contributed by atoms with Crippen molar-refractivity contribution in [3.63, 3.8) is 0 Å². The van der Waals surface area contributed by atoms with Crippen molar-refractivity contribution >= 4 is 11.6 Å². The third kappa shape index (κ3) is 4.73. The minimum absolute atomic E-state index is 0.0297. The van der Waals surface area contributed by atoms with Crippen LogP contribution >= 0.6 is 0 Å². The summed E-state index contributed by atoms with van der Waals surface area (Å²) in [6.45, 7) is 1.47. The first-order valence-corrected chi connectivity index (χ1v) is 6.03. The number of aliphatic hydroxyl groups excluding tert-OH is 1. The van der Waals surface area contributed by atoms with Crippen LogP contribution in [-0.4, -0.2) is 44.4 Å². The number of para-hydroxylation sites is 1. The first-order chi connectivity index (χ1) is 8.79. The average molecular weight is 252 g/mol. The molecule has 0 aromatic heterocycles. The van der Waals surface area contributed by atoms with E-state index < -0.39 is 0 Å². The first kappa shape index (κ1) is 14.5. The zero-order valence-electron chi connectivity index (χ0n) is 10.6. The second kappa shape index (κ2) is 8.49. The lowest BCUT2D eigenvalue weighted by molar-refractivity contribution is 0.0868. The van der Waals surface area contributed by atoms with Crippen LogP contribution in [-0.2, 0) is 4.74 Å². The molecule has 5 nitrogen and oxygen atoms in total. The quantitative estimate of drug-likeness (QED) is 0.600. The van der Waals surface area contributed by atoms with Crippen LogP contribution in [0.2, 0.25) is 0 Å². The van der Waals surface area contributed by atoms with E-state index in [-0.39, 0.29) is 12.5 Å². The number of benzene rings is 1. The molecule has 0 heterocycles. The van der Waals surface area contributed by atoms with Gasteiger partial charge in [0.05, 0.1) is 18.8 Å². The van der Waals surface area contributed by atoms with E-state index >= 15 is 0 Å². The van der Waals surface area contributed by atoms with Crippen molar-refractivity contribution < 1.29 is 14.6 Å². The van der Waals surface area contributed by atoms with Gasteiger partial charge in [0.15, 0.2) is 0 Å². The Morgan fingerprint density at radius 2 is 2.11 bits per heavy atom. The van der Waals surface area contributed by atoms with Crippen molar-refractivity contribution in [2.24, 2.45) is 0 Å². The fourth-order valence-corrected chi connectivity index (χ4v) is 1.54. The first-order valence-electron chi connectivity index (χ1n) is 6.03. The number of ether oxygens (including phenoxy) is 1. The van der Waals surface area contributed by atoms with Gasteiger partial charge in [0.25, 0.3) is 5.91 Å². The summed E-state index contributed by atoms with van der Waals surface area (Å²) in [6.07, 6.45) is 0.730. The Morgan fingerprint density at radius 1 is 1.33 bits per heavy atom. The van der Waals surface area contributed by atoms with E-state index in [9.17, 15) is 4.79 Å². The van der Waals surface area contributed by atoms with E-state index in [0.717, 1.165) is 12.1 Å². The van der Waals surface area contributed by atoms with Gasteiger partial charge in [0.1, 0.15) is 0 Å². The Kier molecular flexibility index (Phi) is 6.83. The molecule has 1 aromatic rings. The maximum Gasteiger partial charge on any atom is 0.253 e. The van der Waals surface area contributed by atoms with Crippen molar-refractivity contribution in [3.05, 3.63) is 29.8 Å². The molecule has 0 aliphatic heterocycles.